The van der Waals surface area contributed by atoms with Crippen molar-refractivity contribution < 1.29 is 14.7 Å². The zero-order valence-electron chi connectivity index (χ0n) is 12.2. The molecule has 1 rings (SSSR count). The molecule has 1 unspecified atom stereocenters. The van der Waals surface area contributed by atoms with E-state index in [1.165, 1.54) is 0 Å². The summed E-state index contributed by atoms with van der Waals surface area (Å²) in [6.45, 7) is 0.649. The van der Waals surface area contributed by atoms with Crippen LogP contribution in [0.1, 0.15) is 38.5 Å². The van der Waals surface area contributed by atoms with Gasteiger partial charge in [0, 0.05) is 25.6 Å². The Bertz CT molecular complexity index is 386. The average Bonchev–Trinajstić information content (AvgIpc) is 2.43. The van der Waals surface area contributed by atoms with Crippen LogP contribution in [-0.2, 0) is 9.59 Å². The predicted molar refractivity (Wildman–Crippen MR) is 78.3 cm³/mol. The van der Waals surface area contributed by atoms with Gasteiger partial charge in [0.2, 0.25) is 11.8 Å². The molecule has 1 aliphatic heterocycles. The number of likely N-dealkylation sites (tertiary alicyclic amines) is 1. The molecule has 1 saturated heterocycles. The molecule has 0 aromatic rings. The molecule has 2 atom stereocenters. The van der Waals surface area contributed by atoms with Crippen molar-refractivity contribution in [2.45, 2.75) is 50.6 Å². The van der Waals surface area contributed by atoms with Crippen LogP contribution >= 0.6 is 0 Å². The minimum absolute atomic E-state index is 0.00101. The van der Waals surface area contributed by atoms with Crippen LogP contribution in [0.25, 0.3) is 0 Å². The zero-order valence-corrected chi connectivity index (χ0v) is 12.2. The highest BCUT2D eigenvalue weighted by atomic mass is 16.3. The Morgan fingerprint density at radius 3 is 2.67 bits per heavy atom. The van der Waals surface area contributed by atoms with Crippen LogP contribution in [0, 0.1) is 5.41 Å². The lowest BCUT2D eigenvalue weighted by Gasteiger charge is -2.38. The monoisotopic (exact) mass is 299 g/mol. The van der Waals surface area contributed by atoms with Crippen molar-refractivity contribution in [2.75, 3.05) is 13.2 Å². The lowest BCUT2D eigenvalue weighted by atomic mass is 9.97. The van der Waals surface area contributed by atoms with Crippen LogP contribution in [0.4, 0.5) is 0 Å². The maximum absolute atomic E-state index is 12.6. The first-order valence-electron chi connectivity index (χ1n) is 7.26. The number of nitrogens with two attached hydrogens (primary N) is 2. The number of piperidine rings is 1. The van der Waals surface area contributed by atoms with Gasteiger partial charge < -0.3 is 26.8 Å². The van der Waals surface area contributed by atoms with Gasteiger partial charge in [0.25, 0.3) is 0 Å². The van der Waals surface area contributed by atoms with E-state index >= 15 is 0 Å². The molecule has 0 aromatic heterocycles. The number of hydrogen-bond acceptors (Lipinski definition) is 4. The molecule has 0 radical (unpaired) electrons. The van der Waals surface area contributed by atoms with E-state index in [4.69, 9.17) is 22.0 Å². The standard InChI is InChI=1S/C13H25N5O3/c14-11(20)5-4-10(17-13(15)16)12(21)18-7-2-1-3-9(18)6-8-19/h9-10,19H,1-8H2,(H2,14,20)(H4,15,16,17)/t9-,10?/m0/s1. The molecule has 2 amide bonds. The van der Waals surface area contributed by atoms with Crippen LogP contribution in [-0.4, -0.2) is 53.0 Å². The van der Waals surface area contributed by atoms with Crippen molar-refractivity contribution in [1.29, 1.82) is 5.41 Å². The van der Waals surface area contributed by atoms with Gasteiger partial charge in [0.05, 0.1) is 0 Å². The molecule has 0 saturated carbocycles. The van der Waals surface area contributed by atoms with Gasteiger partial charge in [0.1, 0.15) is 6.04 Å². The van der Waals surface area contributed by atoms with Gasteiger partial charge in [-0.2, -0.15) is 0 Å². The number of rotatable bonds is 7. The van der Waals surface area contributed by atoms with Crippen molar-refractivity contribution in [3.8, 4) is 0 Å². The van der Waals surface area contributed by atoms with E-state index in [-0.39, 0.29) is 37.4 Å². The third kappa shape index (κ3) is 5.58. The van der Waals surface area contributed by atoms with E-state index in [2.05, 4.69) is 5.32 Å². The van der Waals surface area contributed by atoms with E-state index in [1.54, 1.807) is 4.90 Å². The smallest absolute Gasteiger partial charge is 0.245 e. The van der Waals surface area contributed by atoms with E-state index in [0.717, 1.165) is 19.3 Å². The molecule has 1 fully saturated rings. The summed E-state index contributed by atoms with van der Waals surface area (Å²) >= 11 is 0. The summed E-state index contributed by atoms with van der Waals surface area (Å²) < 4.78 is 0. The highest BCUT2D eigenvalue weighted by Crippen LogP contribution is 2.21. The third-order valence-electron chi connectivity index (χ3n) is 3.68. The number of guanidine groups is 1. The summed E-state index contributed by atoms with van der Waals surface area (Å²) in [5.74, 6) is -0.998. The number of amides is 2. The zero-order chi connectivity index (χ0) is 15.8. The van der Waals surface area contributed by atoms with Gasteiger partial charge in [-0.05, 0) is 32.1 Å². The fourth-order valence-electron chi connectivity index (χ4n) is 2.67. The largest absolute Gasteiger partial charge is 0.396 e. The van der Waals surface area contributed by atoms with Crippen LogP contribution in [0.2, 0.25) is 0 Å². The summed E-state index contributed by atoms with van der Waals surface area (Å²) in [6.07, 6.45) is 3.59. The molecule has 0 bridgehead atoms. The number of aliphatic hydroxyl groups excluding tert-OH is 1. The van der Waals surface area contributed by atoms with E-state index in [0.29, 0.717) is 13.0 Å². The van der Waals surface area contributed by atoms with Crippen molar-refractivity contribution in [3.63, 3.8) is 0 Å². The van der Waals surface area contributed by atoms with Crippen molar-refractivity contribution in [3.05, 3.63) is 0 Å². The maximum atomic E-state index is 12.6. The van der Waals surface area contributed by atoms with Crippen LogP contribution in [0.15, 0.2) is 0 Å². The minimum Gasteiger partial charge on any atom is -0.396 e. The summed E-state index contributed by atoms with van der Waals surface area (Å²) in [6, 6.07) is -0.727. The highest BCUT2D eigenvalue weighted by Gasteiger charge is 2.31. The van der Waals surface area contributed by atoms with Crippen LogP contribution < -0.4 is 16.8 Å². The molecular weight excluding hydrogens is 274 g/mol. The minimum atomic E-state index is -0.728. The SMILES string of the molecule is N=C(N)NC(CCC(N)=O)C(=O)N1CCCC[C@H]1CCO. The second-order valence-electron chi connectivity index (χ2n) is 5.31. The molecule has 21 heavy (non-hydrogen) atoms. The first-order chi connectivity index (χ1) is 9.95. The number of nitrogens with one attached hydrogen (secondary N) is 2. The first kappa shape index (κ1) is 17.2. The van der Waals surface area contributed by atoms with Gasteiger partial charge >= 0.3 is 0 Å². The molecular formula is C13H25N5O3. The summed E-state index contributed by atoms with van der Waals surface area (Å²) in [5.41, 5.74) is 10.4. The van der Waals surface area contributed by atoms with Gasteiger partial charge in [-0.3, -0.25) is 15.0 Å². The fraction of sp³-hybridized carbons (Fsp3) is 0.769. The van der Waals surface area contributed by atoms with Gasteiger partial charge in [0.15, 0.2) is 5.96 Å². The Hall–Kier alpha value is -1.83. The molecule has 8 nitrogen and oxygen atoms in total. The molecule has 0 spiro atoms. The second-order valence-corrected chi connectivity index (χ2v) is 5.31. The van der Waals surface area contributed by atoms with Crippen molar-refractivity contribution >= 4 is 17.8 Å². The number of aliphatic hydroxyl groups is 1. The third-order valence-corrected chi connectivity index (χ3v) is 3.68. The molecule has 120 valence electrons. The number of carbonyl (C=O) groups is 2. The summed E-state index contributed by atoms with van der Waals surface area (Å²) in [4.78, 5) is 25.2. The first-order valence-corrected chi connectivity index (χ1v) is 7.26. The van der Waals surface area contributed by atoms with Gasteiger partial charge in [-0.15, -0.1) is 0 Å². The lowest BCUT2D eigenvalue weighted by Crippen LogP contribution is -2.54. The summed E-state index contributed by atoms with van der Waals surface area (Å²) in [5, 5.41) is 19.0. The number of nitrogens with zero attached hydrogens (tertiary/aromatic N) is 1. The molecule has 7 N–H and O–H groups in total. The van der Waals surface area contributed by atoms with Crippen molar-refractivity contribution in [1.82, 2.24) is 10.2 Å². The normalized spacial score (nSPS) is 19.9. The summed E-state index contributed by atoms with van der Waals surface area (Å²) in [7, 11) is 0. The maximum Gasteiger partial charge on any atom is 0.245 e. The van der Waals surface area contributed by atoms with Gasteiger partial charge in [-0.25, -0.2) is 0 Å². The lowest BCUT2D eigenvalue weighted by molar-refractivity contribution is -0.137. The predicted octanol–water partition coefficient (Wildman–Crippen LogP) is -1.13. The van der Waals surface area contributed by atoms with Gasteiger partial charge in [-0.1, -0.05) is 0 Å². The molecule has 1 heterocycles. The van der Waals surface area contributed by atoms with E-state index in [1.807, 2.05) is 0 Å². The van der Waals surface area contributed by atoms with Crippen molar-refractivity contribution in [2.24, 2.45) is 11.5 Å². The van der Waals surface area contributed by atoms with Crippen LogP contribution in [0.3, 0.4) is 0 Å². The number of carbonyl (C=O) groups excluding carboxylic acids is 2. The van der Waals surface area contributed by atoms with Crippen LogP contribution in [0.5, 0.6) is 0 Å². The Balaban J connectivity index is 2.75. The fourth-order valence-corrected chi connectivity index (χ4v) is 2.67. The molecule has 8 heteroatoms. The quantitative estimate of drug-likeness (QED) is 0.298. The Morgan fingerprint density at radius 1 is 1.38 bits per heavy atom. The topological polar surface area (TPSA) is 146 Å². The second kappa shape index (κ2) is 8.46. The molecule has 0 aromatic carbocycles. The number of primary amides is 1. The van der Waals surface area contributed by atoms with E-state index < -0.39 is 11.9 Å². The Morgan fingerprint density at radius 2 is 2.10 bits per heavy atom. The average molecular weight is 299 g/mol. The molecule has 0 aliphatic carbocycles. The Labute approximate surface area is 124 Å². The van der Waals surface area contributed by atoms with E-state index in [9.17, 15) is 9.59 Å². The Kier molecular flexibility index (Phi) is 6.93. The molecule has 1 aliphatic rings. The number of hydrogen-bond donors (Lipinski definition) is 5. The highest BCUT2D eigenvalue weighted by molar-refractivity contribution is 5.88.